The highest BCUT2D eigenvalue weighted by Crippen LogP contribution is 2.43. The second-order valence-electron chi connectivity index (χ2n) is 18.0. The molecule has 0 aromatic heterocycles. The van der Waals surface area contributed by atoms with Crippen molar-refractivity contribution >= 4 is 69.7 Å². The molecule has 6 amide bonds. The van der Waals surface area contributed by atoms with Gasteiger partial charge in [-0.15, -0.1) is 0 Å². The van der Waals surface area contributed by atoms with Crippen LogP contribution in [0.5, 0.6) is 23.0 Å². The van der Waals surface area contributed by atoms with Crippen LogP contribution in [0, 0.1) is 0 Å². The first-order valence-corrected chi connectivity index (χ1v) is 23.7. The lowest BCUT2D eigenvalue weighted by molar-refractivity contribution is -0.128. The monoisotopic (exact) mass is 994 g/mol. The molecule has 0 aliphatic carbocycles. The van der Waals surface area contributed by atoms with Crippen LogP contribution in [0.25, 0.3) is 0 Å². The smallest absolute Gasteiger partial charge is 0.260 e. The van der Waals surface area contributed by atoms with Gasteiger partial charge in [-0.2, -0.15) is 0 Å². The molecular weight excluding hydrogens is 941 g/mol. The van der Waals surface area contributed by atoms with Crippen LogP contribution < -0.4 is 60.6 Å². The summed E-state index contributed by atoms with van der Waals surface area (Å²) in [5.41, 5.74) is 6.78. The van der Waals surface area contributed by atoms with E-state index in [9.17, 15) is 38.7 Å². The fraction of sp³-hybridized carbons (Fsp3) is 0.302. The summed E-state index contributed by atoms with van der Waals surface area (Å²) in [4.78, 5) is 92.7. The summed E-state index contributed by atoms with van der Waals surface area (Å²) in [6, 6.07) is 26.5. The average molecular weight is 995 g/mol. The summed E-state index contributed by atoms with van der Waals surface area (Å²) in [6.07, 6.45) is 0.0653. The Balaban J connectivity index is 0.914. The molecule has 0 spiro atoms. The number of para-hydroxylation sites is 2. The summed E-state index contributed by atoms with van der Waals surface area (Å²) in [7, 11) is 2.94. The van der Waals surface area contributed by atoms with Crippen LogP contribution in [-0.2, 0) is 50.0 Å². The summed E-state index contributed by atoms with van der Waals surface area (Å²) in [6.45, 7) is 0.435. The van der Waals surface area contributed by atoms with Gasteiger partial charge in [0.1, 0.15) is 25.2 Å². The number of hydrogen-bond donors (Lipinski definition) is 7. The quantitative estimate of drug-likeness (QED) is 0.0659. The molecule has 7 N–H and O–H groups in total. The highest BCUT2D eigenvalue weighted by molar-refractivity contribution is 6.13. The Morgan fingerprint density at radius 2 is 1.16 bits per heavy atom. The Kier molecular flexibility index (Phi) is 14.4. The number of methoxy groups -OCH3 is 2. The second kappa shape index (κ2) is 21.4. The van der Waals surface area contributed by atoms with Crippen molar-refractivity contribution in [3.05, 3.63) is 124 Å². The van der Waals surface area contributed by atoms with Crippen LogP contribution in [0.1, 0.15) is 62.7 Å². The predicted molar refractivity (Wildman–Crippen MR) is 268 cm³/mol. The number of ether oxygens (including phenoxy) is 4. The van der Waals surface area contributed by atoms with E-state index in [0.717, 1.165) is 22.5 Å². The summed E-state index contributed by atoms with van der Waals surface area (Å²) in [5, 5.41) is 27.9. The fourth-order valence-electron chi connectivity index (χ4n) is 9.42. The zero-order valence-electron chi connectivity index (χ0n) is 40.3. The maximum Gasteiger partial charge on any atom is 0.260 e. The Labute approximate surface area is 419 Å². The third-order valence-electron chi connectivity index (χ3n) is 13.0. The zero-order valence-corrected chi connectivity index (χ0v) is 40.3. The van der Waals surface area contributed by atoms with Gasteiger partial charge in [-0.3, -0.25) is 28.8 Å². The number of ketones is 1. The van der Waals surface area contributed by atoms with Crippen molar-refractivity contribution in [3.63, 3.8) is 0 Å². The SMILES string of the molecule is COc1cc2c(cc1OCc1cc(COc3cc4c(cc3OC)C(=O)N3c5ccccc5C[C@H]3C(O)N4)cc(NC(=O)CNC(=O)CNC(=O)CNC(=O)CCC(C)=O)c1)NC[C@@H]1Cc3ccccc3N1C2=O. The molecule has 5 aromatic carbocycles. The number of aliphatic hydroxyl groups is 1. The van der Waals surface area contributed by atoms with Gasteiger partial charge in [0, 0.05) is 48.6 Å². The summed E-state index contributed by atoms with van der Waals surface area (Å²) >= 11 is 0. The number of fused-ring (bicyclic) bond motifs is 8. The third kappa shape index (κ3) is 10.8. The Bertz CT molecular complexity index is 3040. The molecule has 4 aliphatic heterocycles. The van der Waals surface area contributed by atoms with Crippen LogP contribution in [0.15, 0.2) is 91.0 Å². The Morgan fingerprint density at radius 3 is 1.78 bits per heavy atom. The van der Waals surface area contributed by atoms with E-state index in [1.807, 2.05) is 59.5 Å². The Morgan fingerprint density at radius 1 is 0.630 bits per heavy atom. The third-order valence-corrected chi connectivity index (χ3v) is 13.0. The number of hydrogen-bond acceptors (Lipinski definition) is 14. The molecule has 378 valence electrons. The number of aliphatic hydroxyl groups excluding tert-OH is 1. The molecule has 3 atom stereocenters. The van der Waals surface area contributed by atoms with Crippen molar-refractivity contribution < 1.29 is 57.6 Å². The van der Waals surface area contributed by atoms with E-state index in [1.165, 1.54) is 21.1 Å². The first kappa shape index (κ1) is 49.3. The van der Waals surface area contributed by atoms with Gasteiger partial charge in [-0.05, 0) is 84.5 Å². The van der Waals surface area contributed by atoms with Crippen LogP contribution in [0.3, 0.4) is 0 Å². The zero-order chi connectivity index (χ0) is 51.3. The Hall–Kier alpha value is -8.65. The predicted octanol–water partition coefficient (Wildman–Crippen LogP) is 3.83. The fourth-order valence-corrected chi connectivity index (χ4v) is 9.42. The van der Waals surface area contributed by atoms with E-state index in [1.54, 1.807) is 41.3 Å². The number of rotatable bonds is 18. The van der Waals surface area contributed by atoms with Gasteiger partial charge in [-0.25, -0.2) is 0 Å². The molecule has 9 rings (SSSR count). The normalized spacial score (nSPS) is 16.8. The van der Waals surface area contributed by atoms with Gasteiger partial charge in [0.15, 0.2) is 23.0 Å². The lowest BCUT2D eigenvalue weighted by Gasteiger charge is -2.26. The number of nitrogens with zero attached hydrogens (tertiary/aromatic N) is 2. The highest BCUT2D eigenvalue weighted by atomic mass is 16.5. The first-order chi connectivity index (χ1) is 35.3. The lowest BCUT2D eigenvalue weighted by atomic mass is 10.1. The largest absolute Gasteiger partial charge is 0.493 e. The number of nitrogens with one attached hydrogen (secondary N) is 6. The second-order valence-corrected chi connectivity index (χ2v) is 18.0. The van der Waals surface area contributed by atoms with Gasteiger partial charge in [-0.1, -0.05) is 36.4 Å². The van der Waals surface area contributed by atoms with E-state index < -0.39 is 55.5 Å². The molecule has 5 aromatic rings. The van der Waals surface area contributed by atoms with E-state index in [4.69, 9.17) is 18.9 Å². The van der Waals surface area contributed by atoms with E-state index >= 15 is 0 Å². The average Bonchev–Trinajstić information content (AvgIpc) is 3.91. The molecular formula is C53H54N8O12. The number of Topliss-reactive ketones (excluding diaryl/α,β-unsaturated/α-hetero) is 1. The van der Waals surface area contributed by atoms with Crippen LogP contribution in [0.4, 0.5) is 28.4 Å². The molecule has 4 heterocycles. The minimum Gasteiger partial charge on any atom is -0.493 e. The van der Waals surface area contributed by atoms with Crippen LogP contribution >= 0.6 is 0 Å². The molecule has 1 unspecified atom stereocenters. The first-order valence-electron chi connectivity index (χ1n) is 23.7. The number of anilines is 5. The molecule has 0 radical (unpaired) electrons. The van der Waals surface area contributed by atoms with Gasteiger partial charge in [0.2, 0.25) is 23.6 Å². The lowest BCUT2D eigenvalue weighted by Crippen LogP contribution is -2.45. The van der Waals surface area contributed by atoms with Crippen molar-refractivity contribution in [1.82, 2.24) is 16.0 Å². The number of carbonyl (C=O) groups excluding carboxylic acids is 7. The van der Waals surface area contributed by atoms with Crippen molar-refractivity contribution in [1.29, 1.82) is 0 Å². The molecule has 4 aliphatic rings. The molecule has 0 fully saturated rings. The maximum atomic E-state index is 14.1. The molecule has 20 heteroatoms. The van der Waals surface area contributed by atoms with E-state index in [0.29, 0.717) is 64.6 Å². The van der Waals surface area contributed by atoms with Gasteiger partial charge in [0.25, 0.3) is 11.8 Å². The van der Waals surface area contributed by atoms with E-state index in [2.05, 4.69) is 31.9 Å². The minimum atomic E-state index is -1.10. The van der Waals surface area contributed by atoms with Crippen molar-refractivity contribution in [2.45, 2.75) is 64.1 Å². The maximum absolute atomic E-state index is 14.1. The molecule has 0 saturated carbocycles. The molecule has 0 saturated heterocycles. The van der Waals surface area contributed by atoms with Gasteiger partial charge < -0.3 is 70.5 Å². The number of benzene rings is 5. The topological polar surface area (TPSA) is 255 Å². The van der Waals surface area contributed by atoms with Crippen molar-refractivity contribution in [2.75, 3.05) is 66.1 Å². The van der Waals surface area contributed by atoms with Gasteiger partial charge in [0.05, 0.1) is 68.4 Å². The standard InChI is InChI=1S/C53H54N8O12/c1-29(62)12-13-47(63)55-24-48(64)56-25-49(65)57-26-50(66)58-34-15-30(27-72-45-21-38-36(19-43(45)70-2)52(68)60-35(23-54-38)17-32-8-4-6-10-40(32)60)14-31(16-34)28-73-46-22-39-37(20-44(46)71-3)53(69)61-41-11-7-5-9-33(41)18-42(61)51(67)59-39/h4-11,14-16,19-22,35,42,51,54,59,67H,12-13,17-18,23-28H2,1-3H3,(H,55,63)(H,56,64)(H,57,65)(H,58,66)/t35-,42-,51?/m0/s1. The number of amides is 6. The van der Waals surface area contributed by atoms with E-state index in [-0.39, 0.29) is 66.8 Å². The molecule has 73 heavy (non-hydrogen) atoms. The highest BCUT2D eigenvalue weighted by Gasteiger charge is 2.42. The molecule has 20 nitrogen and oxygen atoms in total. The number of carbonyl (C=O) groups is 7. The summed E-state index contributed by atoms with van der Waals surface area (Å²) in [5.74, 6) is -1.82. The van der Waals surface area contributed by atoms with Crippen LogP contribution in [0.2, 0.25) is 0 Å². The minimum absolute atomic E-state index is 0.0393. The van der Waals surface area contributed by atoms with Crippen molar-refractivity contribution in [2.24, 2.45) is 0 Å². The molecule has 0 bridgehead atoms. The van der Waals surface area contributed by atoms with Crippen LogP contribution in [-0.4, -0.2) is 105 Å². The summed E-state index contributed by atoms with van der Waals surface area (Å²) < 4.78 is 24.2. The van der Waals surface area contributed by atoms with Gasteiger partial charge >= 0.3 is 0 Å². The van der Waals surface area contributed by atoms with Crippen molar-refractivity contribution in [3.8, 4) is 23.0 Å².